The summed E-state index contributed by atoms with van der Waals surface area (Å²) in [5.74, 6) is 0.417. The summed E-state index contributed by atoms with van der Waals surface area (Å²) < 4.78 is 0. The van der Waals surface area contributed by atoms with Gasteiger partial charge in [0.15, 0.2) is 0 Å². The van der Waals surface area contributed by atoms with E-state index in [1.807, 2.05) is 14.1 Å². The Kier molecular flexibility index (Phi) is 4.21. The molecule has 1 atom stereocenters. The molecule has 0 aromatic rings. The van der Waals surface area contributed by atoms with Gasteiger partial charge < -0.3 is 5.11 Å². The minimum atomic E-state index is 0.299. The number of hydrogen-bond acceptors (Lipinski definition) is 1. The molecule has 1 radical (unpaired) electrons. The number of aliphatic hydroxyl groups excluding tert-OH is 1. The lowest BCUT2D eigenvalue weighted by atomic mass is 9.66. The molecule has 0 aliphatic carbocycles. The number of rotatable bonds is 3. The molecule has 0 bridgehead atoms. The van der Waals surface area contributed by atoms with Crippen molar-refractivity contribution in [1.82, 2.24) is 0 Å². The Morgan fingerprint density at radius 3 is 2.29 bits per heavy atom. The zero-order chi connectivity index (χ0) is 5.70. The van der Waals surface area contributed by atoms with E-state index in [2.05, 4.69) is 6.92 Å². The van der Waals surface area contributed by atoms with Gasteiger partial charge in [-0.2, -0.15) is 0 Å². The van der Waals surface area contributed by atoms with E-state index in [1.54, 1.807) is 0 Å². The fourth-order valence-corrected chi connectivity index (χ4v) is 0.470. The molecule has 0 saturated carbocycles. The molecule has 1 N–H and O–H groups in total. The lowest BCUT2D eigenvalue weighted by molar-refractivity contribution is 0.286. The Bertz CT molecular complexity index is 29.6. The van der Waals surface area contributed by atoms with Gasteiger partial charge in [-0.15, -0.1) is 0 Å². The third-order valence-corrected chi connectivity index (χ3v) is 1.23. The van der Waals surface area contributed by atoms with Gasteiger partial charge in [0.25, 0.3) is 0 Å². The summed E-state index contributed by atoms with van der Waals surface area (Å²) in [7, 11) is 2.03. The van der Waals surface area contributed by atoms with Crippen LogP contribution in [0.5, 0.6) is 0 Å². The van der Waals surface area contributed by atoms with E-state index < -0.39 is 0 Å². The molecule has 2 heteroatoms. The second kappa shape index (κ2) is 4.19. The van der Waals surface area contributed by atoms with Crippen molar-refractivity contribution in [3.05, 3.63) is 0 Å². The molecule has 0 amide bonds. The highest BCUT2D eigenvalue weighted by Crippen LogP contribution is 2.04. The molecule has 0 fully saturated rings. The largest absolute Gasteiger partial charge is 0.397 e. The van der Waals surface area contributed by atoms with E-state index in [0.29, 0.717) is 12.4 Å². The molecule has 0 aromatic carbocycles. The second-order valence-electron chi connectivity index (χ2n) is 1.68. The van der Waals surface area contributed by atoms with Crippen LogP contribution in [0.4, 0.5) is 0 Å². The summed E-state index contributed by atoms with van der Waals surface area (Å²) in [6, 6.07) is 0. The Morgan fingerprint density at radius 2 is 2.29 bits per heavy atom. The van der Waals surface area contributed by atoms with Gasteiger partial charge >= 0.3 is 0 Å². The van der Waals surface area contributed by atoms with Crippen molar-refractivity contribution in [3.63, 3.8) is 0 Å². The molecule has 0 rings (SSSR count). The average Bonchev–Trinajstić information content (AvgIpc) is 1.72. The van der Waals surface area contributed by atoms with Crippen molar-refractivity contribution in [1.29, 1.82) is 0 Å². The zero-order valence-electron chi connectivity index (χ0n) is 5.02. The van der Waals surface area contributed by atoms with Gasteiger partial charge in [-0.3, -0.25) is 0 Å². The standard InChI is InChI=1S/C5H12BO/c1-3-5(4-7)6-2/h5,7H,3-4H2,1-2H3/t5-/m1/s1. The number of hydrogen-bond donors (Lipinski definition) is 1. The van der Waals surface area contributed by atoms with Crippen LogP contribution in [0.1, 0.15) is 13.3 Å². The molecule has 0 aliphatic heterocycles. The summed E-state index contributed by atoms with van der Waals surface area (Å²) in [5, 5.41) is 8.49. The summed E-state index contributed by atoms with van der Waals surface area (Å²) in [6.45, 7) is 4.35. The smallest absolute Gasteiger partial charge is 0.113 e. The van der Waals surface area contributed by atoms with Crippen LogP contribution < -0.4 is 0 Å². The van der Waals surface area contributed by atoms with Crippen LogP contribution in [0.3, 0.4) is 0 Å². The molecule has 7 heavy (non-hydrogen) atoms. The van der Waals surface area contributed by atoms with Crippen LogP contribution in [0, 0.1) is 0 Å². The van der Waals surface area contributed by atoms with Crippen LogP contribution >= 0.6 is 0 Å². The quantitative estimate of drug-likeness (QED) is 0.521. The average molecular weight is 99.0 g/mol. The maximum Gasteiger partial charge on any atom is 0.113 e. The number of aliphatic hydroxyl groups is 1. The van der Waals surface area contributed by atoms with Gasteiger partial charge in [0.2, 0.25) is 0 Å². The monoisotopic (exact) mass is 99.1 g/mol. The van der Waals surface area contributed by atoms with Gasteiger partial charge in [0.05, 0.1) is 0 Å². The van der Waals surface area contributed by atoms with Crippen molar-refractivity contribution < 1.29 is 5.11 Å². The molecule has 0 saturated heterocycles. The third-order valence-electron chi connectivity index (χ3n) is 1.23. The van der Waals surface area contributed by atoms with Crippen molar-refractivity contribution >= 4 is 7.28 Å². The minimum absolute atomic E-state index is 0.299. The van der Waals surface area contributed by atoms with Crippen LogP contribution in [0.2, 0.25) is 12.6 Å². The molecule has 0 aromatic heterocycles. The SMILES string of the molecule is C[B][C@H](CC)CO. The predicted molar refractivity (Wildman–Crippen MR) is 32.7 cm³/mol. The van der Waals surface area contributed by atoms with Crippen molar-refractivity contribution in [2.45, 2.75) is 26.0 Å². The second-order valence-corrected chi connectivity index (χ2v) is 1.68. The molecule has 0 unspecified atom stereocenters. The van der Waals surface area contributed by atoms with Crippen molar-refractivity contribution in [3.8, 4) is 0 Å². The van der Waals surface area contributed by atoms with Crippen LogP contribution in [-0.2, 0) is 0 Å². The Balaban J connectivity index is 2.99. The molecule has 0 aliphatic rings. The Hall–Kier alpha value is 0.0249. The lowest BCUT2D eigenvalue weighted by Gasteiger charge is -2.03. The van der Waals surface area contributed by atoms with Crippen molar-refractivity contribution in [2.24, 2.45) is 0 Å². The summed E-state index contributed by atoms with van der Waals surface area (Å²) >= 11 is 0. The minimum Gasteiger partial charge on any atom is -0.397 e. The topological polar surface area (TPSA) is 20.2 Å². The maximum absolute atomic E-state index is 8.49. The Morgan fingerprint density at radius 1 is 1.71 bits per heavy atom. The maximum atomic E-state index is 8.49. The molecular weight excluding hydrogens is 86.9 g/mol. The van der Waals surface area contributed by atoms with Gasteiger partial charge in [0.1, 0.15) is 7.28 Å². The van der Waals surface area contributed by atoms with E-state index in [-0.39, 0.29) is 0 Å². The summed E-state index contributed by atoms with van der Waals surface area (Å²) in [4.78, 5) is 0. The lowest BCUT2D eigenvalue weighted by Crippen LogP contribution is -2.02. The zero-order valence-corrected chi connectivity index (χ0v) is 5.02. The first kappa shape index (κ1) is 7.02. The first-order valence-corrected chi connectivity index (χ1v) is 2.75. The van der Waals surface area contributed by atoms with Crippen LogP contribution in [0.25, 0.3) is 0 Å². The highest BCUT2D eigenvalue weighted by molar-refractivity contribution is 6.35. The fourth-order valence-electron chi connectivity index (χ4n) is 0.470. The normalized spacial score (nSPS) is 13.6. The first-order valence-electron chi connectivity index (χ1n) is 2.75. The van der Waals surface area contributed by atoms with Crippen molar-refractivity contribution in [2.75, 3.05) is 6.61 Å². The Labute approximate surface area is 46.0 Å². The van der Waals surface area contributed by atoms with Gasteiger partial charge in [-0.1, -0.05) is 20.2 Å². The highest BCUT2D eigenvalue weighted by Gasteiger charge is 1.98. The molecular formula is C5H12BO. The van der Waals surface area contributed by atoms with E-state index in [4.69, 9.17) is 5.11 Å². The van der Waals surface area contributed by atoms with Gasteiger partial charge in [-0.25, -0.2) is 0 Å². The van der Waals surface area contributed by atoms with E-state index in [0.717, 1.165) is 6.42 Å². The van der Waals surface area contributed by atoms with E-state index in [1.165, 1.54) is 0 Å². The van der Waals surface area contributed by atoms with Gasteiger partial charge in [0, 0.05) is 6.61 Å². The molecule has 1 nitrogen and oxygen atoms in total. The van der Waals surface area contributed by atoms with E-state index in [9.17, 15) is 0 Å². The molecule has 0 spiro atoms. The molecule has 41 valence electrons. The van der Waals surface area contributed by atoms with Gasteiger partial charge in [-0.05, 0) is 5.82 Å². The summed E-state index contributed by atoms with van der Waals surface area (Å²) in [5.41, 5.74) is 0. The summed E-state index contributed by atoms with van der Waals surface area (Å²) in [6.07, 6.45) is 1.05. The van der Waals surface area contributed by atoms with Crippen LogP contribution in [0.15, 0.2) is 0 Å². The predicted octanol–water partition coefficient (Wildman–Crippen LogP) is 0.929. The van der Waals surface area contributed by atoms with E-state index >= 15 is 0 Å². The third kappa shape index (κ3) is 2.69. The fraction of sp³-hybridized carbons (Fsp3) is 1.00. The highest BCUT2D eigenvalue weighted by atomic mass is 16.3. The first-order chi connectivity index (χ1) is 3.35. The van der Waals surface area contributed by atoms with Crippen LogP contribution in [-0.4, -0.2) is 19.0 Å². The molecule has 0 heterocycles.